The van der Waals surface area contributed by atoms with Crippen LogP contribution in [0.4, 0.5) is 0 Å². The van der Waals surface area contributed by atoms with E-state index in [1.54, 1.807) is 7.05 Å². The number of hydrogen-bond acceptors (Lipinski definition) is 2. The highest BCUT2D eigenvalue weighted by Gasteiger charge is 2.06. The molecule has 0 aromatic carbocycles. The van der Waals surface area contributed by atoms with Gasteiger partial charge in [-0.25, -0.2) is 5.06 Å². The summed E-state index contributed by atoms with van der Waals surface area (Å²) >= 11 is 0. The highest BCUT2D eigenvalue weighted by atomic mass is 16.7. The van der Waals surface area contributed by atoms with Crippen molar-refractivity contribution in [3.05, 3.63) is 12.7 Å². The van der Waals surface area contributed by atoms with Crippen LogP contribution in [0, 0.1) is 0 Å². The second kappa shape index (κ2) is 11.6. The lowest BCUT2D eigenvalue weighted by atomic mass is 10.1. The van der Waals surface area contributed by atoms with Crippen molar-refractivity contribution < 1.29 is 9.63 Å². The van der Waals surface area contributed by atoms with Crippen molar-refractivity contribution in [2.24, 2.45) is 0 Å². The Bertz CT molecular complexity index is 204. The second-order valence-electron chi connectivity index (χ2n) is 4.38. The lowest BCUT2D eigenvalue weighted by Gasteiger charge is -2.12. The molecule has 0 aromatic heterocycles. The zero-order chi connectivity index (χ0) is 12.9. The third-order valence-electron chi connectivity index (χ3n) is 2.92. The number of allylic oxidation sites excluding steroid dienone is 1. The summed E-state index contributed by atoms with van der Waals surface area (Å²) in [5, 5.41) is 1.30. The Kier molecular flexibility index (Phi) is 11.1. The normalized spacial score (nSPS) is 10.2. The molecule has 0 aliphatic rings. The van der Waals surface area contributed by atoms with Gasteiger partial charge in [0.25, 0.3) is 0 Å². The molecule has 17 heavy (non-hydrogen) atoms. The first-order valence-corrected chi connectivity index (χ1v) is 6.64. The van der Waals surface area contributed by atoms with E-state index in [4.69, 9.17) is 4.84 Å². The molecule has 0 saturated heterocycles. The fourth-order valence-electron chi connectivity index (χ4n) is 1.71. The molecule has 3 heteroatoms. The molecule has 0 unspecified atom stereocenters. The maximum atomic E-state index is 11.4. The molecule has 1 amide bonds. The van der Waals surface area contributed by atoms with E-state index in [-0.39, 0.29) is 5.91 Å². The Morgan fingerprint density at radius 2 is 1.65 bits per heavy atom. The molecule has 0 fully saturated rings. The molecule has 0 heterocycles. The lowest BCUT2D eigenvalue weighted by molar-refractivity contribution is -0.168. The van der Waals surface area contributed by atoms with E-state index in [1.807, 2.05) is 6.08 Å². The monoisotopic (exact) mass is 241 g/mol. The van der Waals surface area contributed by atoms with E-state index < -0.39 is 0 Å². The van der Waals surface area contributed by atoms with Crippen LogP contribution >= 0.6 is 0 Å². The van der Waals surface area contributed by atoms with Crippen LogP contribution in [0.1, 0.15) is 57.8 Å². The number of nitrogens with zero attached hydrogens (tertiary/aromatic N) is 1. The third-order valence-corrected chi connectivity index (χ3v) is 2.92. The van der Waals surface area contributed by atoms with E-state index in [9.17, 15) is 4.79 Å². The summed E-state index contributed by atoms with van der Waals surface area (Å²) in [5.41, 5.74) is 0. The van der Waals surface area contributed by atoms with Gasteiger partial charge in [-0.1, -0.05) is 38.2 Å². The molecule has 0 atom stereocenters. The van der Waals surface area contributed by atoms with E-state index in [0.717, 1.165) is 19.3 Å². The van der Waals surface area contributed by atoms with Crippen LogP contribution in [0.15, 0.2) is 12.7 Å². The quantitative estimate of drug-likeness (QED) is 0.313. The minimum Gasteiger partial charge on any atom is -0.275 e. The van der Waals surface area contributed by atoms with Crippen LogP contribution in [0.2, 0.25) is 0 Å². The first-order valence-electron chi connectivity index (χ1n) is 6.64. The first kappa shape index (κ1) is 16.2. The molecular weight excluding hydrogens is 214 g/mol. The molecule has 0 rings (SSSR count). The van der Waals surface area contributed by atoms with Gasteiger partial charge in [-0.05, 0) is 19.3 Å². The molecule has 0 aliphatic heterocycles. The number of amides is 1. The Labute approximate surface area is 106 Å². The largest absolute Gasteiger partial charge is 0.275 e. The maximum absolute atomic E-state index is 11.4. The lowest BCUT2D eigenvalue weighted by Crippen LogP contribution is -2.24. The van der Waals surface area contributed by atoms with Gasteiger partial charge in [-0.15, -0.1) is 6.58 Å². The summed E-state index contributed by atoms with van der Waals surface area (Å²) in [4.78, 5) is 16.2. The molecule has 0 aliphatic carbocycles. The van der Waals surface area contributed by atoms with Gasteiger partial charge in [-0.3, -0.25) is 9.63 Å². The Morgan fingerprint density at radius 1 is 1.12 bits per heavy atom. The van der Waals surface area contributed by atoms with E-state index in [2.05, 4.69) is 6.58 Å². The number of carbonyl (C=O) groups excluding carboxylic acids is 1. The molecule has 0 saturated carbocycles. The van der Waals surface area contributed by atoms with Gasteiger partial charge in [-0.2, -0.15) is 0 Å². The average molecular weight is 241 g/mol. The van der Waals surface area contributed by atoms with Crippen LogP contribution < -0.4 is 0 Å². The maximum Gasteiger partial charge on any atom is 0.245 e. The average Bonchev–Trinajstić information content (AvgIpc) is 2.35. The molecule has 0 radical (unpaired) electrons. The SMILES string of the molecule is C=CCCCCCCCCCC(=O)N(C)OC. The van der Waals surface area contributed by atoms with Crippen LogP contribution in [-0.4, -0.2) is 25.1 Å². The molecule has 0 aromatic rings. The van der Waals surface area contributed by atoms with Gasteiger partial charge >= 0.3 is 0 Å². The van der Waals surface area contributed by atoms with E-state index in [0.29, 0.717) is 6.42 Å². The predicted molar refractivity (Wildman–Crippen MR) is 71.5 cm³/mol. The summed E-state index contributed by atoms with van der Waals surface area (Å²) in [6.45, 7) is 3.71. The van der Waals surface area contributed by atoms with Gasteiger partial charge < -0.3 is 0 Å². The summed E-state index contributed by atoms with van der Waals surface area (Å²) in [6.07, 6.45) is 12.2. The highest BCUT2D eigenvalue weighted by Crippen LogP contribution is 2.10. The van der Waals surface area contributed by atoms with Crippen molar-refractivity contribution in [3.8, 4) is 0 Å². The van der Waals surface area contributed by atoms with E-state index >= 15 is 0 Å². The van der Waals surface area contributed by atoms with Crippen molar-refractivity contribution in [2.75, 3.05) is 14.2 Å². The van der Waals surface area contributed by atoms with Crippen LogP contribution in [-0.2, 0) is 9.63 Å². The molecular formula is C14H27NO2. The first-order chi connectivity index (χ1) is 8.22. The standard InChI is InChI=1S/C14H27NO2/c1-4-5-6-7-8-9-10-11-12-13-14(16)15(2)17-3/h4H,1,5-13H2,2-3H3. The summed E-state index contributed by atoms with van der Waals surface area (Å²) in [7, 11) is 3.17. The van der Waals surface area contributed by atoms with E-state index in [1.165, 1.54) is 44.3 Å². The van der Waals surface area contributed by atoms with Crippen molar-refractivity contribution >= 4 is 5.91 Å². The van der Waals surface area contributed by atoms with Crippen LogP contribution in [0.5, 0.6) is 0 Å². The summed E-state index contributed by atoms with van der Waals surface area (Å²) < 4.78 is 0. The van der Waals surface area contributed by atoms with Crippen molar-refractivity contribution in [1.82, 2.24) is 5.06 Å². The third kappa shape index (κ3) is 10.1. The van der Waals surface area contributed by atoms with Crippen molar-refractivity contribution in [2.45, 2.75) is 57.8 Å². The topological polar surface area (TPSA) is 29.5 Å². The zero-order valence-electron chi connectivity index (χ0n) is 11.4. The highest BCUT2D eigenvalue weighted by molar-refractivity contribution is 5.74. The number of hydroxylamine groups is 2. The summed E-state index contributed by atoms with van der Waals surface area (Å²) in [5.74, 6) is 0.0680. The zero-order valence-corrected chi connectivity index (χ0v) is 11.4. The van der Waals surface area contributed by atoms with Crippen molar-refractivity contribution in [1.29, 1.82) is 0 Å². The fourth-order valence-corrected chi connectivity index (χ4v) is 1.71. The second-order valence-corrected chi connectivity index (χ2v) is 4.38. The Hall–Kier alpha value is -0.830. The predicted octanol–water partition coefficient (Wildman–Crippen LogP) is 3.70. The minimum absolute atomic E-state index is 0.0680. The minimum atomic E-state index is 0.0680. The van der Waals surface area contributed by atoms with Gasteiger partial charge in [0.15, 0.2) is 0 Å². The molecule has 0 N–H and O–H groups in total. The van der Waals surface area contributed by atoms with Crippen LogP contribution in [0.3, 0.4) is 0 Å². The Balaban J connectivity index is 3.18. The fraction of sp³-hybridized carbons (Fsp3) is 0.786. The number of unbranched alkanes of at least 4 members (excludes halogenated alkanes) is 7. The molecule has 0 bridgehead atoms. The van der Waals surface area contributed by atoms with Gasteiger partial charge in [0.2, 0.25) is 5.91 Å². The number of carbonyl (C=O) groups is 1. The van der Waals surface area contributed by atoms with Gasteiger partial charge in [0, 0.05) is 13.5 Å². The molecule has 0 spiro atoms. The van der Waals surface area contributed by atoms with Crippen molar-refractivity contribution in [3.63, 3.8) is 0 Å². The van der Waals surface area contributed by atoms with Gasteiger partial charge in [0.1, 0.15) is 0 Å². The summed E-state index contributed by atoms with van der Waals surface area (Å²) in [6, 6.07) is 0. The number of hydrogen-bond donors (Lipinski definition) is 0. The van der Waals surface area contributed by atoms with Crippen LogP contribution in [0.25, 0.3) is 0 Å². The molecule has 3 nitrogen and oxygen atoms in total. The number of rotatable bonds is 11. The van der Waals surface area contributed by atoms with Gasteiger partial charge in [0.05, 0.1) is 7.11 Å². The smallest absolute Gasteiger partial charge is 0.245 e. The Morgan fingerprint density at radius 3 is 2.18 bits per heavy atom. The molecule has 100 valence electrons.